The van der Waals surface area contributed by atoms with E-state index in [-0.39, 0.29) is 0 Å². The van der Waals surface area contributed by atoms with Crippen molar-refractivity contribution in [2.24, 2.45) is 0 Å². The summed E-state index contributed by atoms with van der Waals surface area (Å²) >= 11 is 0. The third kappa shape index (κ3) is 3.09. The third-order valence-electron chi connectivity index (χ3n) is 2.58. The Morgan fingerprint density at radius 2 is 1.89 bits per heavy atom. The van der Waals surface area contributed by atoms with Gasteiger partial charge in [-0.15, -0.1) is 0 Å². The predicted molar refractivity (Wildman–Crippen MR) is 71.6 cm³/mol. The van der Waals surface area contributed by atoms with Crippen LogP contribution in [0.3, 0.4) is 0 Å². The van der Waals surface area contributed by atoms with Gasteiger partial charge in [0.05, 0.1) is 6.61 Å². The molecule has 2 rings (SSSR count). The van der Waals surface area contributed by atoms with E-state index in [1.807, 2.05) is 42.5 Å². The lowest BCUT2D eigenvalue weighted by Crippen LogP contribution is -2.14. The number of benzene rings is 2. The first-order valence-electron chi connectivity index (χ1n) is 5.84. The second kappa shape index (κ2) is 6.19. The Bertz CT molecular complexity index is 517. The molecule has 2 aromatic carbocycles. The zero-order valence-corrected chi connectivity index (χ0v) is 10.1. The van der Waals surface area contributed by atoms with Crippen molar-refractivity contribution in [3.63, 3.8) is 0 Å². The number of hydrogen-bond donors (Lipinski definition) is 1. The molecule has 0 bridgehead atoms. The van der Waals surface area contributed by atoms with Gasteiger partial charge in [-0.2, -0.15) is 0 Å². The Kier molecular flexibility index (Phi) is 4.34. The Hall–Kier alpha value is -1.84. The van der Waals surface area contributed by atoms with Gasteiger partial charge in [-0.25, -0.2) is 0 Å². The lowest BCUT2D eigenvalue weighted by atomic mass is 10.1. The molecule has 0 saturated carbocycles. The molecule has 0 spiro atoms. The summed E-state index contributed by atoms with van der Waals surface area (Å²) in [7, 11) is 0. The van der Waals surface area contributed by atoms with Crippen molar-refractivity contribution >= 4 is 10.8 Å². The van der Waals surface area contributed by atoms with Crippen LogP contribution in [0.15, 0.2) is 55.1 Å². The van der Waals surface area contributed by atoms with Crippen LogP contribution in [-0.4, -0.2) is 24.6 Å². The van der Waals surface area contributed by atoms with Gasteiger partial charge in [0.1, 0.15) is 12.4 Å². The molecule has 0 amide bonds. The maximum absolute atomic E-state index is 9.13. The van der Waals surface area contributed by atoms with E-state index < -0.39 is 6.29 Å². The summed E-state index contributed by atoms with van der Waals surface area (Å²) in [6.07, 6.45) is 0.402. The molecule has 0 aliphatic heterocycles. The van der Waals surface area contributed by atoms with Crippen molar-refractivity contribution in [3.05, 3.63) is 55.1 Å². The van der Waals surface area contributed by atoms with Gasteiger partial charge in [0, 0.05) is 5.39 Å². The Labute approximate surface area is 106 Å². The molecule has 3 heteroatoms. The van der Waals surface area contributed by atoms with Crippen LogP contribution in [0.25, 0.3) is 10.8 Å². The van der Waals surface area contributed by atoms with Crippen molar-refractivity contribution in [2.45, 2.75) is 6.29 Å². The molecule has 0 radical (unpaired) electrons. The van der Waals surface area contributed by atoms with Gasteiger partial charge in [0.15, 0.2) is 6.29 Å². The number of hydrogen-bond acceptors (Lipinski definition) is 3. The van der Waals surface area contributed by atoms with E-state index in [2.05, 4.69) is 6.58 Å². The summed E-state index contributed by atoms with van der Waals surface area (Å²) in [5, 5.41) is 11.3. The highest BCUT2D eigenvalue weighted by Gasteiger charge is 2.01. The Balaban J connectivity index is 1.97. The van der Waals surface area contributed by atoms with Gasteiger partial charge >= 0.3 is 0 Å². The third-order valence-corrected chi connectivity index (χ3v) is 2.58. The molecule has 0 aromatic heterocycles. The first-order valence-corrected chi connectivity index (χ1v) is 5.84. The highest BCUT2D eigenvalue weighted by molar-refractivity contribution is 5.88. The van der Waals surface area contributed by atoms with Crippen LogP contribution < -0.4 is 4.74 Å². The van der Waals surface area contributed by atoms with E-state index in [9.17, 15) is 0 Å². The SMILES string of the molecule is C=C[C@H](O)OCCOc1cccc2ccccc12. The average Bonchev–Trinajstić information content (AvgIpc) is 2.43. The molecule has 2 aromatic rings. The quantitative estimate of drug-likeness (QED) is 0.482. The van der Waals surface area contributed by atoms with E-state index in [4.69, 9.17) is 14.6 Å². The molecule has 0 heterocycles. The summed E-state index contributed by atoms with van der Waals surface area (Å²) in [5.41, 5.74) is 0. The topological polar surface area (TPSA) is 38.7 Å². The minimum absolute atomic E-state index is 0.316. The molecular formula is C15H16O3. The smallest absolute Gasteiger partial charge is 0.173 e. The van der Waals surface area contributed by atoms with Gasteiger partial charge in [0.25, 0.3) is 0 Å². The molecule has 3 nitrogen and oxygen atoms in total. The molecule has 0 aliphatic rings. The second-order valence-corrected chi connectivity index (χ2v) is 3.82. The van der Waals surface area contributed by atoms with Crippen molar-refractivity contribution in [1.29, 1.82) is 0 Å². The minimum atomic E-state index is -0.930. The lowest BCUT2D eigenvalue weighted by Gasteiger charge is -2.11. The molecule has 0 unspecified atom stereocenters. The van der Waals surface area contributed by atoms with Crippen molar-refractivity contribution in [1.82, 2.24) is 0 Å². The Morgan fingerprint density at radius 1 is 1.11 bits per heavy atom. The van der Waals surface area contributed by atoms with E-state index in [1.54, 1.807) is 0 Å². The standard InChI is InChI=1S/C15H16O3/c1-2-15(16)18-11-10-17-14-9-5-7-12-6-3-4-8-13(12)14/h2-9,15-16H,1,10-11H2/t15-/m1/s1. The largest absolute Gasteiger partial charge is 0.491 e. The van der Waals surface area contributed by atoms with Gasteiger partial charge in [-0.3, -0.25) is 0 Å². The highest BCUT2D eigenvalue weighted by atomic mass is 16.6. The molecule has 94 valence electrons. The number of aliphatic hydroxyl groups is 1. The van der Waals surface area contributed by atoms with Crippen molar-refractivity contribution in [3.8, 4) is 5.75 Å². The van der Waals surface area contributed by atoms with Crippen LogP contribution in [0.1, 0.15) is 0 Å². The zero-order valence-electron chi connectivity index (χ0n) is 10.1. The summed E-state index contributed by atoms with van der Waals surface area (Å²) < 4.78 is 10.7. The van der Waals surface area contributed by atoms with Crippen LogP contribution >= 0.6 is 0 Å². The number of fused-ring (bicyclic) bond motifs is 1. The minimum Gasteiger partial charge on any atom is -0.491 e. The van der Waals surface area contributed by atoms with Crippen LogP contribution in [-0.2, 0) is 4.74 Å². The van der Waals surface area contributed by atoms with Crippen LogP contribution in [0.4, 0.5) is 0 Å². The highest BCUT2D eigenvalue weighted by Crippen LogP contribution is 2.24. The van der Waals surface area contributed by atoms with E-state index >= 15 is 0 Å². The molecular weight excluding hydrogens is 228 g/mol. The molecule has 1 atom stereocenters. The van der Waals surface area contributed by atoms with Gasteiger partial charge in [-0.05, 0) is 17.5 Å². The van der Waals surface area contributed by atoms with Crippen LogP contribution in [0.2, 0.25) is 0 Å². The van der Waals surface area contributed by atoms with Crippen molar-refractivity contribution in [2.75, 3.05) is 13.2 Å². The van der Waals surface area contributed by atoms with Crippen LogP contribution in [0, 0.1) is 0 Å². The zero-order chi connectivity index (χ0) is 12.8. The van der Waals surface area contributed by atoms with Gasteiger partial charge < -0.3 is 14.6 Å². The maximum Gasteiger partial charge on any atom is 0.173 e. The molecule has 18 heavy (non-hydrogen) atoms. The van der Waals surface area contributed by atoms with Crippen molar-refractivity contribution < 1.29 is 14.6 Å². The average molecular weight is 244 g/mol. The first kappa shape index (κ1) is 12.6. The fraction of sp³-hybridized carbons (Fsp3) is 0.200. The van der Waals surface area contributed by atoms with Gasteiger partial charge in [0.2, 0.25) is 0 Å². The normalized spacial score (nSPS) is 12.3. The summed E-state index contributed by atoms with van der Waals surface area (Å²) in [4.78, 5) is 0. The van der Waals surface area contributed by atoms with Gasteiger partial charge in [-0.1, -0.05) is 43.0 Å². The maximum atomic E-state index is 9.13. The van der Waals surface area contributed by atoms with E-state index in [1.165, 1.54) is 6.08 Å². The molecule has 1 N–H and O–H groups in total. The number of ether oxygens (including phenoxy) is 2. The summed E-state index contributed by atoms with van der Waals surface area (Å²) in [5.74, 6) is 0.824. The lowest BCUT2D eigenvalue weighted by molar-refractivity contribution is -0.0710. The fourth-order valence-corrected chi connectivity index (χ4v) is 1.71. The first-order chi connectivity index (χ1) is 8.81. The van der Waals surface area contributed by atoms with E-state index in [0.29, 0.717) is 13.2 Å². The molecule has 0 saturated heterocycles. The second-order valence-electron chi connectivity index (χ2n) is 3.82. The monoisotopic (exact) mass is 244 g/mol. The predicted octanol–water partition coefficient (Wildman–Crippen LogP) is 2.74. The Morgan fingerprint density at radius 3 is 2.72 bits per heavy atom. The number of aliphatic hydroxyl groups excluding tert-OH is 1. The summed E-state index contributed by atoms with van der Waals surface area (Å²) in [6.45, 7) is 4.13. The molecule has 0 aliphatic carbocycles. The summed E-state index contributed by atoms with van der Waals surface area (Å²) in [6, 6.07) is 14.0. The number of rotatable bonds is 6. The van der Waals surface area contributed by atoms with E-state index in [0.717, 1.165) is 16.5 Å². The van der Waals surface area contributed by atoms with Crippen LogP contribution in [0.5, 0.6) is 5.75 Å². The fourth-order valence-electron chi connectivity index (χ4n) is 1.71. The molecule has 0 fully saturated rings.